The lowest BCUT2D eigenvalue weighted by molar-refractivity contribution is -0.117. The van der Waals surface area contributed by atoms with Gasteiger partial charge in [-0.2, -0.15) is 0 Å². The number of benzene rings is 1. The van der Waals surface area contributed by atoms with E-state index < -0.39 is 10.0 Å². The van der Waals surface area contributed by atoms with Gasteiger partial charge in [-0.15, -0.1) is 0 Å². The van der Waals surface area contributed by atoms with E-state index in [4.69, 9.17) is 5.14 Å². The van der Waals surface area contributed by atoms with Gasteiger partial charge in [0.1, 0.15) is 0 Å². The van der Waals surface area contributed by atoms with Gasteiger partial charge in [-0.05, 0) is 61.6 Å². The minimum absolute atomic E-state index is 0.0400. The van der Waals surface area contributed by atoms with Crippen LogP contribution in [0.25, 0.3) is 0 Å². The number of sulfonamides is 1. The van der Waals surface area contributed by atoms with Crippen LogP contribution in [0.5, 0.6) is 0 Å². The highest BCUT2D eigenvalue weighted by Gasteiger charge is 2.40. The van der Waals surface area contributed by atoms with Gasteiger partial charge in [0.25, 0.3) is 0 Å². The molecule has 120 valence electrons. The lowest BCUT2D eigenvalue weighted by Crippen LogP contribution is -2.20. The van der Waals surface area contributed by atoms with Gasteiger partial charge in [0.15, 0.2) is 0 Å². The molecule has 2 aliphatic rings. The van der Waals surface area contributed by atoms with Crippen molar-refractivity contribution in [3.8, 4) is 0 Å². The first-order valence-electron chi connectivity index (χ1n) is 7.76. The number of primary sulfonamides is 1. The van der Waals surface area contributed by atoms with Crippen molar-refractivity contribution in [1.29, 1.82) is 0 Å². The molecule has 1 aromatic rings. The van der Waals surface area contributed by atoms with E-state index in [1.165, 1.54) is 25.3 Å². The highest BCUT2D eigenvalue weighted by molar-refractivity contribution is 7.89. The van der Waals surface area contributed by atoms with Gasteiger partial charge >= 0.3 is 0 Å². The molecule has 0 radical (unpaired) electrons. The average molecular weight is 322 g/mol. The number of anilines is 1. The Labute approximate surface area is 131 Å². The van der Waals surface area contributed by atoms with Gasteiger partial charge in [0.05, 0.1) is 4.90 Å². The molecular formula is C16H22N2O3S. The van der Waals surface area contributed by atoms with E-state index in [0.717, 1.165) is 12.3 Å². The summed E-state index contributed by atoms with van der Waals surface area (Å²) in [5.41, 5.74) is 1.07. The van der Waals surface area contributed by atoms with E-state index in [0.29, 0.717) is 29.5 Å². The van der Waals surface area contributed by atoms with Crippen LogP contribution in [-0.4, -0.2) is 14.3 Å². The molecule has 0 heterocycles. The number of hydrogen-bond donors (Lipinski definition) is 2. The number of hydrogen-bond acceptors (Lipinski definition) is 3. The maximum absolute atomic E-state index is 12.2. The Morgan fingerprint density at radius 3 is 2.68 bits per heavy atom. The molecule has 1 aromatic carbocycles. The zero-order valence-electron chi connectivity index (χ0n) is 12.7. The van der Waals surface area contributed by atoms with E-state index in [-0.39, 0.29) is 10.8 Å². The Morgan fingerprint density at radius 2 is 2.09 bits per heavy atom. The number of amides is 1. The number of aryl methyl sites for hydroxylation is 1. The van der Waals surface area contributed by atoms with Crippen LogP contribution in [0.4, 0.5) is 5.69 Å². The molecule has 0 aliphatic heterocycles. The highest BCUT2D eigenvalue weighted by Crippen LogP contribution is 2.49. The van der Waals surface area contributed by atoms with Crippen LogP contribution >= 0.6 is 0 Å². The van der Waals surface area contributed by atoms with Crippen molar-refractivity contribution < 1.29 is 13.2 Å². The third kappa shape index (κ3) is 3.17. The van der Waals surface area contributed by atoms with E-state index in [9.17, 15) is 13.2 Å². The third-order valence-corrected chi connectivity index (χ3v) is 6.16. The molecule has 2 aliphatic carbocycles. The Hall–Kier alpha value is -1.40. The SMILES string of the molecule is Cc1ccc(NC(=O)C[C@H]2C[C@H]3CC[C@@H]2C3)cc1S(N)(=O)=O. The fraction of sp³-hybridized carbons (Fsp3) is 0.562. The Kier molecular flexibility index (Phi) is 3.99. The van der Waals surface area contributed by atoms with E-state index in [2.05, 4.69) is 5.32 Å². The maximum atomic E-state index is 12.2. The van der Waals surface area contributed by atoms with Gasteiger partial charge < -0.3 is 5.32 Å². The molecule has 2 saturated carbocycles. The summed E-state index contributed by atoms with van der Waals surface area (Å²) < 4.78 is 23.0. The number of rotatable bonds is 4. The van der Waals surface area contributed by atoms with Gasteiger partial charge in [0.2, 0.25) is 15.9 Å². The molecule has 2 fully saturated rings. The predicted molar refractivity (Wildman–Crippen MR) is 84.7 cm³/mol. The summed E-state index contributed by atoms with van der Waals surface area (Å²) >= 11 is 0. The largest absolute Gasteiger partial charge is 0.326 e. The lowest BCUT2D eigenvalue weighted by atomic mass is 9.86. The molecule has 2 bridgehead atoms. The second-order valence-corrected chi connectivity index (χ2v) is 8.24. The smallest absolute Gasteiger partial charge is 0.238 e. The molecule has 3 atom stereocenters. The maximum Gasteiger partial charge on any atom is 0.238 e. The first-order valence-corrected chi connectivity index (χ1v) is 9.31. The van der Waals surface area contributed by atoms with Gasteiger partial charge in [-0.1, -0.05) is 12.5 Å². The molecule has 22 heavy (non-hydrogen) atoms. The number of fused-ring (bicyclic) bond motifs is 2. The molecule has 0 unspecified atom stereocenters. The van der Waals surface area contributed by atoms with Gasteiger partial charge in [-0.3, -0.25) is 4.79 Å². The van der Waals surface area contributed by atoms with Crippen molar-refractivity contribution in [2.75, 3.05) is 5.32 Å². The summed E-state index contributed by atoms with van der Waals surface area (Å²) in [5, 5.41) is 8.00. The fourth-order valence-corrected chi connectivity index (χ4v) is 4.87. The normalized spacial score (nSPS) is 27.1. The minimum atomic E-state index is -3.77. The average Bonchev–Trinajstić information content (AvgIpc) is 3.02. The quantitative estimate of drug-likeness (QED) is 0.892. The van der Waals surface area contributed by atoms with Crippen molar-refractivity contribution >= 4 is 21.6 Å². The molecule has 0 spiro atoms. The van der Waals surface area contributed by atoms with Crippen molar-refractivity contribution in [2.45, 2.75) is 43.9 Å². The number of carbonyl (C=O) groups is 1. The third-order valence-electron chi connectivity index (χ3n) is 5.11. The summed E-state index contributed by atoms with van der Waals surface area (Å²) in [6.45, 7) is 1.68. The highest BCUT2D eigenvalue weighted by atomic mass is 32.2. The molecular weight excluding hydrogens is 300 g/mol. The standard InChI is InChI=1S/C16H22N2O3S/c1-10-2-5-14(9-15(10)22(17,20)21)18-16(19)8-13-7-11-3-4-12(13)6-11/h2,5,9,11-13H,3-4,6-8H2,1H3,(H,18,19)(H2,17,20,21)/t11-,12+,13+/m0/s1. The van der Waals surface area contributed by atoms with Crippen LogP contribution in [0.15, 0.2) is 23.1 Å². The predicted octanol–water partition coefficient (Wildman–Crippen LogP) is 2.41. The molecule has 1 amide bonds. The Balaban J connectivity index is 1.67. The van der Waals surface area contributed by atoms with Gasteiger partial charge in [0, 0.05) is 12.1 Å². The molecule has 3 N–H and O–H groups in total. The van der Waals surface area contributed by atoms with Crippen LogP contribution in [0.3, 0.4) is 0 Å². The molecule has 0 saturated heterocycles. The molecule has 3 rings (SSSR count). The van der Waals surface area contributed by atoms with Crippen LogP contribution in [0.1, 0.15) is 37.7 Å². The van der Waals surface area contributed by atoms with E-state index >= 15 is 0 Å². The Morgan fingerprint density at radius 1 is 1.32 bits per heavy atom. The van der Waals surface area contributed by atoms with Crippen LogP contribution in [0.2, 0.25) is 0 Å². The van der Waals surface area contributed by atoms with Crippen molar-refractivity contribution in [3.05, 3.63) is 23.8 Å². The monoisotopic (exact) mass is 322 g/mol. The van der Waals surface area contributed by atoms with E-state index in [1.807, 2.05) is 0 Å². The second-order valence-electron chi connectivity index (χ2n) is 6.71. The zero-order valence-corrected chi connectivity index (χ0v) is 13.5. The summed E-state index contributed by atoms with van der Waals surface area (Å²) in [5.74, 6) is 1.97. The first kappa shape index (κ1) is 15.5. The summed E-state index contributed by atoms with van der Waals surface area (Å²) in [4.78, 5) is 12.3. The Bertz CT molecular complexity index is 699. The molecule has 5 nitrogen and oxygen atoms in total. The number of nitrogens with two attached hydrogens (primary N) is 1. The second kappa shape index (κ2) is 5.66. The van der Waals surface area contributed by atoms with Crippen molar-refractivity contribution in [3.63, 3.8) is 0 Å². The molecule has 6 heteroatoms. The summed E-state index contributed by atoms with van der Waals surface area (Å²) in [7, 11) is -3.77. The van der Waals surface area contributed by atoms with Gasteiger partial charge in [-0.25, -0.2) is 13.6 Å². The molecule has 0 aromatic heterocycles. The number of carbonyl (C=O) groups excluding carboxylic acids is 1. The van der Waals surface area contributed by atoms with Crippen LogP contribution < -0.4 is 10.5 Å². The van der Waals surface area contributed by atoms with E-state index in [1.54, 1.807) is 19.1 Å². The van der Waals surface area contributed by atoms with Crippen LogP contribution in [0, 0.1) is 24.7 Å². The summed E-state index contributed by atoms with van der Waals surface area (Å²) in [6, 6.07) is 4.80. The summed E-state index contributed by atoms with van der Waals surface area (Å²) in [6.07, 6.45) is 5.54. The topological polar surface area (TPSA) is 89.3 Å². The van der Waals surface area contributed by atoms with Crippen LogP contribution in [-0.2, 0) is 14.8 Å². The first-order chi connectivity index (χ1) is 10.3. The zero-order chi connectivity index (χ0) is 15.9. The number of nitrogens with one attached hydrogen (secondary N) is 1. The van der Waals surface area contributed by atoms with Crippen molar-refractivity contribution in [1.82, 2.24) is 0 Å². The fourth-order valence-electron chi connectivity index (χ4n) is 4.06. The van der Waals surface area contributed by atoms with Crippen molar-refractivity contribution in [2.24, 2.45) is 22.9 Å². The lowest BCUT2D eigenvalue weighted by Gasteiger charge is -2.21. The minimum Gasteiger partial charge on any atom is -0.326 e.